The van der Waals surface area contributed by atoms with Crippen LogP contribution >= 0.6 is 11.3 Å². The van der Waals surface area contributed by atoms with E-state index >= 15 is 0 Å². The topological polar surface area (TPSA) is 109 Å². The molecule has 2 aromatic rings. The zero-order valence-corrected chi connectivity index (χ0v) is 19.4. The van der Waals surface area contributed by atoms with Gasteiger partial charge in [0.25, 0.3) is 0 Å². The molecule has 182 valence electrons. The van der Waals surface area contributed by atoms with Crippen LogP contribution in [0.15, 0.2) is 29.8 Å². The number of hydrogen-bond donors (Lipinski definition) is 2. The summed E-state index contributed by atoms with van der Waals surface area (Å²) in [4.78, 5) is 46.0. The Morgan fingerprint density at radius 1 is 1.24 bits per heavy atom. The van der Waals surface area contributed by atoms with Gasteiger partial charge in [-0.3, -0.25) is 14.4 Å². The van der Waals surface area contributed by atoms with Crippen LogP contribution in [0.2, 0.25) is 0 Å². The van der Waals surface area contributed by atoms with Gasteiger partial charge in [0.05, 0.1) is 17.9 Å². The predicted octanol–water partition coefficient (Wildman–Crippen LogP) is 3.12. The van der Waals surface area contributed by atoms with Crippen LogP contribution in [0.1, 0.15) is 36.2 Å². The molecule has 1 aliphatic carbocycles. The molecule has 0 bridgehead atoms. The molecular formula is C22H24F3N5O3S. The Bertz CT molecular complexity index is 1120. The minimum atomic E-state index is -4.62. The molecule has 0 spiro atoms. The monoisotopic (exact) mass is 495 g/mol. The second kappa shape index (κ2) is 8.57. The van der Waals surface area contributed by atoms with Crippen LogP contribution in [0.4, 0.5) is 24.7 Å². The maximum absolute atomic E-state index is 13.6. The van der Waals surface area contributed by atoms with Crippen LogP contribution in [-0.4, -0.2) is 57.8 Å². The van der Waals surface area contributed by atoms with E-state index in [1.807, 2.05) is 0 Å². The fourth-order valence-corrected chi connectivity index (χ4v) is 5.02. The molecule has 4 rings (SSSR count). The number of amides is 3. The van der Waals surface area contributed by atoms with E-state index in [1.54, 1.807) is 37.4 Å². The van der Waals surface area contributed by atoms with Crippen molar-refractivity contribution in [3.63, 3.8) is 0 Å². The highest BCUT2D eigenvalue weighted by Gasteiger charge is 2.70. The van der Waals surface area contributed by atoms with Crippen LogP contribution in [0.25, 0.3) is 0 Å². The van der Waals surface area contributed by atoms with Crippen LogP contribution < -0.4 is 11.1 Å². The Hall–Kier alpha value is -3.15. The van der Waals surface area contributed by atoms with Crippen molar-refractivity contribution in [1.29, 1.82) is 0 Å². The number of nitrogens with two attached hydrogens (primary N) is 1. The highest BCUT2D eigenvalue weighted by molar-refractivity contribution is 7.10. The van der Waals surface area contributed by atoms with E-state index < -0.39 is 41.4 Å². The predicted molar refractivity (Wildman–Crippen MR) is 120 cm³/mol. The van der Waals surface area contributed by atoms with E-state index in [9.17, 15) is 27.6 Å². The molecule has 1 saturated heterocycles. The Labute approximate surface area is 197 Å². The van der Waals surface area contributed by atoms with Crippen molar-refractivity contribution in [2.75, 3.05) is 24.1 Å². The molecule has 0 aromatic carbocycles. The minimum Gasteiger partial charge on any atom is -0.383 e. The van der Waals surface area contributed by atoms with E-state index in [1.165, 1.54) is 27.3 Å². The number of pyridine rings is 1. The maximum Gasteiger partial charge on any atom is 0.403 e. The van der Waals surface area contributed by atoms with Crippen molar-refractivity contribution in [1.82, 2.24) is 14.8 Å². The second-order valence-corrected chi connectivity index (χ2v) is 9.73. The third kappa shape index (κ3) is 4.22. The van der Waals surface area contributed by atoms with E-state index in [4.69, 9.17) is 5.73 Å². The quantitative estimate of drug-likeness (QED) is 0.636. The molecule has 2 aromatic heterocycles. The van der Waals surface area contributed by atoms with Gasteiger partial charge in [-0.25, -0.2) is 4.98 Å². The lowest BCUT2D eigenvalue weighted by Crippen LogP contribution is -2.60. The average Bonchev–Trinajstić information content (AvgIpc) is 3.44. The summed E-state index contributed by atoms with van der Waals surface area (Å²) in [6.07, 6.45) is -3.76. The molecule has 3 heterocycles. The summed E-state index contributed by atoms with van der Waals surface area (Å²) in [7, 11) is 0. The molecule has 12 heteroatoms. The molecule has 0 unspecified atom stereocenters. The van der Waals surface area contributed by atoms with Crippen molar-refractivity contribution in [2.45, 2.75) is 44.9 Å². The molecule has 2 atom stereocenters. The number of anilines is 2. The summed E-state index contributed by atoms with van der Waals surface area (Å²) in [5.41, 5.74) is 4.26. The molecular weight excluding hydrogens is 471 g/mol. The summed E-state index contributed by atoms with van der Waals surface area (Å²) >= 11 is 1.30. The van der Waals surface area contributed by atoms with Crippen LogP contribution in [-0.2, 0) is 14.4 Å². The first kappa shape index (κ1) is 24.0. The summed E-state index contributed by atoms with van der Waals surface area (Å²) in [5.74, 6) is -2.42. The molecule has 3 N–H and O–H groups in total. The summed E-state index contributed by atoms with van der Waals surface area (Å²) in [5, 5.41) is 4.27. The van der Waals surface area contributed by atoms with Crippen LogP contribution in [0.3, 0.4) is 0 Å². The van der Waals surface area contributed by atoms with E-state index in [0.717, 1.165) is 0 Å². The molecule has 3 amide bonds. The molecule has 1 saturated carbocycles. The van der Waals surface area contributed by atoms with E-state index in [0.29, 0.717) is 21.9 Å². The molecule has 2 aliphatic rings. The van der Waals surface area contributed by atoms with Crippen molar-refractivity contribution in [2.24, 2.45) is 5.41 Å². The molecule has 34 heavy (non-hydrogen) atoms. The molecule has 8 nitrogen and oxygen atoms in total. The van der Waals surface area contributed by atoms with Crippen LogP contribution in [0, 0.1) is 12.3 Å². The highest BCUT2D eigenvalue weighted by atomic mass is 32.1. The first-order valence-electron chi connectivity index (χ1n) is 10.7. The summed E-state index contributed by atoms with van der Waals surface area (Å²) < 4.78 is 40.8. The zero-order chi connectivity index (χ0) is 24.8. The largest absolute Gasteiger partial charge is 0.403 e. The van der Waals surface area contributed by atoms with Crippen LogP contribution in [0.5, 0.6) is 0 Å². The lowest BCUT2D eigenvalue weighted by molar-refractivity contribution is -0.201. The Morgan fingerprint density at radius 3 is 2.50 bits per heavy atom. The fourth-order valence-electron chi connectivity index (χ4n) is 4.19. The van der Waals surface area contributed by atoms with E-state index in [2.05, 4.69) is 10.3 Å². The van der Waals surface area contributed by atoms with Gasteiger partial charge in [0.1, 0.15) is 11.2 Å². The number of alkyl halides is 3. The Kier molecular flexibility index (Phi) is 6.05. The molecule has 1 aliphatic heterocycles. The number of nitrogens with one attached hydrogen (secondary N) is 1. The number of nitrogen functional groups attached to an aromatic ring is 1. The van der Waals surface area contributed by atoms with Crippen molar-refractivity contribution in [3.8, 4) is 0 Å². The van der Waals surface area contributed by atoms with Gasteiger partial charge in [-0.2, -0.15) is 13.2 Å². The number of halogens is 3. The third-order valence-corrected chi connectivity index (χ3v) is 7.38. The number of carbonyl (C=O) groups excluding carboxylic acids is 3. The van der Waals surface area contributed by atoms with Crippen molar-refractivity contribution < 1.29 is 27.6 Å². The summed E-state index contributed by atoms with van der Waals surface area (Å²) in [6.45, 7) is 3.09. The van der Waals surface area contributed by atoms with Gasteiger partial charge in [0, 0.05) is 24.0 Å². The van der Waals surface area contributed by atoms with Gasteiger partial charge in [-0.05, 0) is 49.8 Å². The number of thiophene rings is 1. The SMILES string of the molecule is Cc1cc(NC(=O)C(=O)N2C[C@@H](C)N(C(=O)C3(C(F)(F)F)CC3)C[C@@H]2c2cccs2)cnc1N. The molecule has 0 radical (unpaired) electrons. The smallest absolute Gasteiger partial charge is 0.383 e. The number of aromatic nitrogens is 1. The second-order valence-electron chi connectivity index (χ2n) is 8.76. The number of carbonyl (C=O) groups is 3. The lowest BCUT2D eigenvalue weighted by Gasteiger charge is -2.45. The number of aryl methyl sites for hydroxylation is 1. The van der Waals surface area contributed by atoms with Gasteiger partial charge in [-0.1, -0.05) is 6.07 Å². The maximum atomic E-state index is 13.6. The van der Waals surface area contributed by atoms with Gasteiger partial charge >= 0.3 is 18.0 Å². The first-order chi connectivity index (χ1) is 15.9. The van der Waals surface area contributed by atoms with Crippen molar-refractivity contribution in [3.05, 3.63) is 40.2 Å². The van der Waals surface area contributed by atoms with E-state index in [-0.39, 0.29) is 25.9 Å². The van der Waals surface area contributed by atoms with Gasteiger partial charge in [0.15, 0.2) is 0 Å². The number of nitrogens with zero attached hydrogens (tertiary/aromatic N) is 3. The third-order valence-electron chi connectivity index (χ3n) is 6.41. The summed E-state index contributed by atoms with van der Waals surface area (Å²) in [6, 6.07) is 3.62. The first-order valence-corrected chi connectivity index (χ1v) is 11.6. The number of rotatable bonds is 3. The van der Waals surface area contributed by atoms with Gasteiger partial charge < -0.3 is 20.9 Å². The average molecular weight is 496 g/mol. The standard InChI is InChI=1S/C22H24F3N5O3S/c1-12-8-14(9-27-17(12)26)28-18(31)19(32)30-10-13(2)29(11-15(30)16-4-3-7-34-16)20(33)21(5-6-21)22(23,24)25/h3-4,7-9,13,15H,5-6,10-11H2,1-2H3,(H2,26,27)(H,28,31)/t13-,15-/m1/s1. The Morgan fingerprint density at radius 2 is 1.94 bits per heavy atom. The normalized spacial score (nSPS) is 21.8. The van der Waals surface area contributed by atoms with Crippen molar-refractivity contribution >= 4 is 40.6 Å². The number of piperazine rings is 1. The van der Waals surface area contributed by atoms with Gasteiger partial charge in [0.2, 0.25) is 5.91 Å². The minimum absolute atomic E-state index is 0.0759. The highest BCUT2D eigenvalue weighted by Crippen LogP contribution is 2.59. The zero-order valence-electron chi connectivity index (χ0n) is 18.6. The van der Waals surface area contributed by atoms with Gasteiger partial charge in [-0.15, -0.1) is 11.3 Å². The lowest BCUT2D eigenvalue weighted by atomic mass is 9.99. The number of hydrogen-bond acceptors (Lipinski definition) is 6. The fraction of sp³-hybridized carbons (Fsp3) is 0.455. The molecule has 2 fully saturated rings. The Balaban J connectivity index is 1.56.